The van der Waals surface area contributed by atoms with E-state index in [9.17, 15) is 35.9 Å². The van der Waals surface area contributed by atoms with Gasteiger partial charge in [0, 0.05) is 38.2 Å². The number of rotatable bonds is 5. The van der Waals surface area contributed by atoms with E-state index in [1.165, 1.54) is 4.90 Å². The highest BCUT2D eigenvalue weighted by Crippen LogP contribution is 2.30. The van der Waals surface area contributed by atoms with Crippen LogP contribution >= 0.6 is 0 Å². The van der Waals surface area contributed by atoms with Crippen molar-refractivity contribution >= 4 is 11.8 Å². The van der Waals surface area contributed by atoms with Gasteiger partial charge in [0.1, 0.15) is 5.82 Å². The third-order valence-electron chi connectivity index (χ3n) is 5.61. The third-order valence-corrected chi connectivity index (χ3v) is 5.61. The molecule has 2 heterocycles. The van der Waals surface area contributed by atoms with E-state index in [1.807, 2.05) is 0 Å². The number of likely N-dealkylation sites (tertiary alicyclic amines) is 2. The second-order valence-corrected chi connectivity index (χ2v) is 8.08. The molecule has 0 bridgehead atoms. The monoisotopic (exact) mass is 451 g/mol. The number of nitrogens with one attached hydrogen (secondary N) is 1. The first-order valence-electron chi connectivity index (χ1n) is 9.97. The van der Waals surface area contributed by atoms with Crippen molar-refractivity contribution in [1.82, 2.24) is 15.1 Å². The van der Waals surface area contributed by atoms with Crippen LogP contribution in [0.1, 0.15) is 35.2 Å². The minimum Gasteiger partial charge on any atom is -0.352 e. The predicted octanol–water partition coefficient (Wildman–Crippen LogP) is 3.15. The molecule has 11 heteroatoms. The predicted molar refractivity (Wildman–Crippen MR) is 99.0 cm³/mol. The normalized spacial score (nSPS) is 20.1. The molecule has 0 aliphatic carbocycles. The van der Waals surface area contributed by atoms with Crippen LogP contribution in [0.2, 0.25) is 0 Å². The molecule has 0 spiro atoms. The van der Waals surface area contributed by atoms with Crippen molar-refractivity contribution in [2.75, 3.05) is 39.3 Å². The summed E-state index contributed by atoms with van der Waals surface area (Å²) in [5.41, 5.74) is -1.65. The first-order valence-corrected chi connectivity index (χ1v) is 9.97. The molecule has 1 N–H and O–H groups in total. The molecular weight excluding hydrogens is 428 g/mol. The number of halogens is 6. The van der Waals surface area contributed by atoms with Gasteiger partial charge in [0.25, 0.3) is 11.8 Å². The average molecular weight is 451 g/mol. The zero-order chi connectivity index (χ0) is 22.8. The highest BCUT2D eigenvalue weighted by Gasteiger charge is 2.39. The number of hydrogen-bond acceptors (Lipinski definition) is 3. The fourth-order valence-electron chi connectivity index (χ4n) is 3.84. The van der Waals surface area contributed by atoms with Gasteiger partial charge in [-0.3, -0.25) is 14.5 Å². The Morgan fingerprint density at radius 2 is 1.77 bits per heavy atom. The topological polar surface area (TPSA) is 52.7 Å². The quantitative estimate of drug-likeness (QED) is 0.700. The summed E-state index contributed by atoms with van der Waals surface area (Å²) < 4.78 is 78.3. The molecule has 3 rings (SSSR count). The van der Waals surface area contributed by atoms with Crippen LogP contribution < -0.4 is 5.32 Å². The molecule has 172 valence electrons. The lowest BCUT2D eigenvalue weighted by molar-refractivity contribution is -0.138. The molecule has 31 heavy (non-hydrogen) atoms. The van der Waals surface area contributed by atoms with Crippen molar-refractivity contribution in [3.8, 4) is 0 Å². The van der Waals surface area contributed by atoms with Gasteiger partial charge >= 0.3 is 6.18 Å². The smallest absolute Gasteiger partial charge is 0.352 e. The van der Waals surface area contributed by atoms with E-state index < -0.39 is 41.5 Å². The fraction of sp³-hybridized carbons (Fsp3) is 0.600. The van der Waals surface area contributed by atoms with Gasteiger partial charge in [-0.05, 0) is 37.0 Å². The first-order chi connectivity index (χ1) is 14.4. The number of alkyl halides is 5. The Morgan fingerprint density at radius 1 is 1.10 bits per heavy atom. The van der Waals surface area contributed by atoms with Gasteiger partial charge < -0.3 is 10.2 Å². The van der Waals surface area contributed by atoms with Gasteiger partial charge in [-0.25, -0.2) is 13.2 Å². The molecule has 0 aromatic heterocycles. The number of piperidine rings is 1. The van der Waals surface area contributed by atoms with Crippen LogP contribution in [0.15, 0.2) is 18.2 Å². The van der Waals surface area contributed by atoms with E-state index in [2.05, 4.69) is 5.32 Å². The summed E-state index contributed by atoms with van der Waals surface area (Å²) in [7, 11) is 0. The van der Waals surface area contributed by atoms with Gasteiger partial charge in [-0.1, -0.05) is 0 Å². The minimum atomic E-state index is -4.76. The average Bonchev–Trinajstić information content (AvgIpc) is 3.03. The van der Waals surface area contributed by atoms with Crippen LogP contribution in [-0.2, 0) is 11.0 Å². The molecule has 2 aliphatic heterocycles. The molecule has 2 aliphatic rings. The van der Waals surface area contributed by atoms with Crippen LogP contribution in [0, 0.1) is 11.7 Å². The lowest BCUT2D eigenvalue weighted by Gasteiger charge is -2.33. The Kier molecular flexibility index (Phi) is 6.82. The molecule has 2 saturated heterocycles. The zero-order valence-electron chi connectivity index (χ0n) is 16.7. The van der Waals surface area contributed by atoms with Gasteiger partial charge in [0.2, 0.25) is 5.91 Å². The van der Waals surface area contributed by atoms with Gasteiger partial charge in [-0.2, -0.15) is 13.2 Å². The Hall–Kier alpha value is -2.30. The van der Waals surface area contributed by atoms with Crippen LogP contribution in [-0.4, -0.2) is 66.8 Å². The Balaban J connectivity index is 1.45. The third kappa shape index (κ3) is 6.34. The van der Waals surface area contributed by atoms with Crippen LogP contribution in [0.4, 0.5) is 26.3 Å². The summed E-state index contributed by atoms with van der Waals surface area (Å²) in [4.78, 5) is 27.5. The first kappa shape index (κ1) is 23.4. The summed E-state index contributed by atoms with van der Waals surface area (Å²) in [5.74, 6) is -4.94. The maximum atomic E-state index is 13.5. The maximum Gasteiger partial charge on any atom is 0.416 e. The van der Waals surface area contributed by atoms with E-state index in [0.29, 0.717) is 38.1 Å². The van der Waals surface area contributed by atoms with Crippen LogP contribution in [0.5, 0.6) is 0 Å². The number of nitrogens with zero attached hydrogens (tertiary/aromatic N) is 2. The molecule has 0 unspecified atom stereocenters. The molecule has 0 radical (unpaired) electrons. The summed E-state index contributed by atoms with van der Waals surface area (Å²) in [6.45, 7) is 0.688. The molecule has 0 saturated carbocycles. The number of amides is 2. The SMILES string of the molecule is O=C(NCC1CCN(C(=O)CN2CCC(F)(F)C2)CC1)c1cc(F)cc(C(F)(F)F)c1. The van der Waals surface area contributed by atoms with Crippen molar-refractivity contribution in [3.63, 3.8) is 0 Å². The number of benzene rings is 1. The molecule has 0 atom stereocenters. The summed E-state index contributed by atoms with van der Waals surface area (Å²) in [6, 6.07) is 1.67. The number of carbonyl (C=O) groups excluding carboxylic acids is 2. The number of carbonyl (C=O) groups is 2. The van der Waals surface area contributed by atoms with E-state index >= 15 is 0 Å². The lowest BCUT2D eigenvalue weighted by atomic mass is 9.96. The number of hydrogen-bond donors (Lipinski definition) is 1. The highest BCUT2D eigenvalue weighted by atomic mass is 19.4. The summed E-state index contributed by atoms with van der Waals surface area (Å²) >= 11 is 0. The zero-order valence-corrected chi connectivity index (χ0v) is 16.7. The van der Waals surface area contributed by atoms with Gasteiger partial charge in [0.15, 0.2) is 0 Å². The maximum absolute atomic E-state index is 13.5. The van der Waals surface area contributed by atoms with Gasteiger partial charge in [-0.15, -0.1) is 0 Å². The molecule has 5 nitrogen and oxygen atoms in total. The van der Waals surface area contributed by atoms with Gasteiger partial charge in [0.05, 0.1) is 18.7 Å². The Labute approximate surface area is 175 Å². The molecule has 2 fully saturated rings. The van der Waals surface area contributed by atoms with Crippen LogP contribution in [0.3, 0.4) is 0 Å². The van der Waals surface area contributed by atoms with E-state index in [-0.39, 0.29) is 37.9 Å². The van der Waals surface area contributed by atoms with E-state index in [4.69, 9.17) is 0 Å². The minimum absolute atomic E-state index is 0.000217. The van der Waals surface area contributed by atoms with Crippen molar-refractivity contribution < 1.29 is 35.9 Å². The second kappa shape index (κ2) is 9.05. The second-order valence-electron chi connectivity index (χ2n) is 8.08. The van der Waals surface area contributed by atoms with E-state index in [0.717, 1.165) is 6.07 Å². The molecule has 1 aromatic carbocycles. The van der Waals surface area contributed by atoms with Crippen molar-refractivity contribution in [2.24, 2.45) is 5.92 Å². The van der Waals surface area contributed by atoms with Crippen molar-refractivity contribution in [2.45, 2.75) is 31.4 Å². The van der Waals surface area contributed by atoms with Crippen molar-refractivity contribution in [1.29, 1.82) is 0 Å². The van der Waals surface area contributed by atoms with E-state index in [1.54, 1.807) is 4.90 Å². The standard InChI is InChI=1S/C20H23F6N3O2/c21-16-8-14(7-15(9-16)20(24,25)26)18(31)27-10-13-1-4-29(5-2-13)17(30)11-28-6-3-19(22,23)12-28/h7-9,13H,1-6,10-12H2,(H,27,31). The Bertz CT molecular complexity index is 822. The molecule has 2 amide bonds. The Morgan fingerprint density at radius 3 is 2.35 bits per heavy atom. The summed E-state index contributed by atoms with van der Waals surface area (Å²) in [6.07, 6.45) is -3.91. The largest absolute Gasteiger partial charge is 0.416 e. The fourth-order valence-corrected chi connectivity index (χ4v) is 3.84. The van der Waals surface area contributed by atoms with Crippen LogP contribution in [0.25, 0.3) is 0 Å². The molecule has 1 aromatic rings. The summed E-state index contributed by atoms with van der Waals surface area (Å²) in [5, 5.41) is 2.52. The van der Waals surface area contributed by atoms with Crippen molar-refractivity contribution in [3.05, 3.63) is 35.1 Å². The highest BCUT2D eigenvalue weighted by molar-refractivity contribution is 5.94. The molecular formula is C20H23F6N3O2. The lowest BCUT2D eigenvalue weighted by Crippen LogP contribution is -2.45.